The molecule has 0 bridgehead atoms. The van der Waals surface area contributed by atoms with E-state index in [4.69, 9.17) is 9.40 Å². The van der Waals surface area contributed by atoms with Gasteiger partial charge in [-0.1, -0.05) is 71.6 Å². The van der Waals surface area contributed by atoms with Crippen LogP contribution < -0.4 is 4.57 Å². The summed E-state index contributed by atoms with van der Waals surface area (Å²) < 4.78 is 8.92. The van der Waals surface area contributed by atoms with Crippen LogP contribution in [0, 0.1) is 12.8 Å². The lowest BCUT2D eigenvalue weighted by atomic mass is 9.62. The van der Waals surface area contributed by atoms with E-state index in [-0.39, 0.29) is 10.8 Å². The van der Waals surface area contributed by atoms with Gasteiger partial charge in [0.15, 0.2) is 11.8 Å². The van der Waals surface area contributed by atoms with E-state index < -0.39 is 0 Å². The van der Waals surface area contributed by atoms with Gasteiger partial charge in [0.25, 0.3) is 0 Å². The van der Waals surface area contributed by atoms with Crippen molar-refractivity contribution in [3.63, 3.8) is 0 Å². The van der Waals surface area contributed by atoms with E-state index in [9.17, 15) is 0 Å². The maximum atomic E-state index is 6.67. The highest BCUT2D eigenvalue weighted by molar-refractivity contribution is 6.11. The van der Waals surface area contributed by atoms with Crippen LogP contribution in [0.3, 0.4) is 0 Å². The van der Waals surface area contributed by atoms with Gasteiger partial charge < -0.3 is 4.42 Å². The minimum Gasteiger partial charge on any atom is -0.437 e. The van der Waals surface area contributed by atoms with Gasteiger partial charge in [-0.25, -0.2) is 9.55 Å². The molecule has 0 N–H and O–H groups in total. The van der Waals surface area contributed by atoms with Crippen LogP contribution >= 0.6 is 0 Å². The average Bonchev–Trinajstić information content (AvgIpc) is 3.53. The van der Waals surface area contributed by atoms with Crippen LogP contribution in [0.15, 0.2) is 53.1 Å². The minimum atomic E-state index is 0.120. The van der Waals surface area contributed by atoms with E-state index >= 15 is 0 Å². The summed E-state index contributed by atoms with van der Waals surface area (Å²) in [5.41, 5.74) is 11.0. The number of rotatable bonds is 3. The Labute approximate surface area is 232 Å². The van der Waals surface area contributed by atoms with Crippen LogP contribution in [0.5, 0.6) is 0 Å². The fourth-order valence-electron chi connectivity index (χ4n) is 7.63. The van der Waals surface area contributed by atoms with Crippen molar-refractivity contribution in [3.8, 4) is 11.3 Å². The lowest BCUT2D eigenvalue weighted by Crippen LogP contribution is -2.34. The third-order valence-corrected chi connectivity index (χ3v) is 10.1. The first-order valence-corrected chi connectivity index (χ1v) is 14.9. The second-order valence-corrected chi connectivity index (χ2v) is 13.8. The van der Waals surface area contributed by atoms with E-state index in [2.05, 4.69) is 94.9 Å². The molecule has 7 rings (SSSR count). The molecule has 2 aliphatic rings. The Balaban J connectivity index is 1.45. The van der Waals surface area contributed by atoms with Crippen LogP contribution in [-0.2, 0) is 24.3 Å². The fraction of sp³-hybridized carbons (Fsp3) is 0.444. The van der Waals surface area contributed by atoms with E-state index in [0.717, 1.165) is 33.5 Å². The number of fused-ring (bicyclic) bond motifs is 6. The number of furan rings is 1. The molecule has 0 amide bonds. The fourth-order valence-corrected chi connectivity index (χ4v) is 7.63. The maximum absolute atomic E-state index is 6.67. The molecule has 3 nitrogen and oxygen atoms in total. The zero-order valence-corrected chi connectivity index (χ0v) is 24.4. The Morgan fingerprint density at radius 3 is 2.46 bits per heavy atom. The van der Waals surface area contributed by atoms with E-state index in [0.29, 0.717) is 0 Å². The molecular weight excluding hydrogens is 476 g/mol. The molecule has 3 heteroatoms. The molecule has 0 atom stereocenters. The van der Waals surface area contributed by atoms with Gasteiger partial charge in [0.05, 0.1) is 11.1 Å². The van der Waals surface area contributed by atoms with Crippen molar-refractivity contribution in [2.45, 2.75) is 90.4 Å². The van der Waals surface area contributed by atoms with Crippen LogP contribution in [0.25, 0.3) is 44.2 Å². The molecule has 2 aliphatic carbocycles. The van der Waals surface area contributed by atoms with Gasteiger partial charge in [-0.05, 0) is 77.3 Å². The van der Waals surface area contributed by atoms with Crippen molar-refractivity contribution in [3.05, 3.63) is 70.9 Å². The van der Waals surface area contributed by atoms with Gasteiger partial charge in [0.2, 0.25) is 11.4 Å². The molecule has 3 aromatic heterocycles. The summed E-state index contributed by atoms with van der Waals surface area (Å²) in [6, 6.07) is 16.1. The number of nitrogens with zero attached hydrogens (tertiary/aromatic N) is 2. The lowest BCUT2D eigenvalue weighted by Gasteiger charge is -2.42. The summed E-state index contributed by atoms with van der Waals surface area (Å²) in [5.74, 6) is 0.824. The van der Waals surface area contributed by atoms with Crippen molar-refractivity contribution in [2.24, 2.45) is 13.0 Å². The second-order valence-electron chi connectivity index (χ2n) is 13.8. The molecule has 0 unspecified atom stereocenters. The van der Waals surface area contributed by atoms with Gasteiger partial charge >= 0.3 is 0 Å². The Bertz CT molecular complexity index is 1760. The molecule has 0 radical (unpaired) electrons. The molecule has 1 saturated carbocycles. The lowest BCUT2D eigenvalue weighted by molar-refractivity contribution is -0.660. The monoisotopic (exact) mass is 517 g/mol. The Kier molecular flexibility index (Phi) is 5.50. The SMILES string of the molecule is Cc1ccc2c(oc3nc4ccc5c(c4cc32)C(C)(C)CCC5(C)C)c1-c1cc(CC2CCCC2)cc[n+]1C. The van der Waals surface area contributed by atoms with Crippen LogP contribution in [0.2, 0.25) is 0 Å². The summed E-state index contributed by atoms with van der Waals surface area (Å²) in [5, 5.41) is 3.56. The number of pyridine rings is 2. The van der Waals surface area contributed by atoms with Crippen LogP contribution in [0.1, 0.15) is 88.5 Å². The molecule has 0 spiro atoms. The van der Waals surface area contributed by atoms with Gasteiger partial charge in [-0.3, -0.25) is 0 Å². The molecule has 1 fully saturated rings. The molecule has 0 aliphatic heterocycles. The summed E-state index contributed by atoms with van der Waals surface area (Å²) in [6.07, 6.45) is 11.3. The van der Waals surface area contributed by atoms with Gasteiger partial charge in [0.1, 0.15) is 7.05 Å². The molecule has 39 heavy (non-hydrogen) atoms. The predicted octanol–water partition coefficient (Wildman–Crippen LogP) is 9.02. The Morgan fingerprint density at radius 1 is 0.897 bits per heavy atom. The third-order valence-electron chi connectivity index (χ3n) is 10.1. The maximum Gasteiger partial charge on any atom is 0.227 e. The number of aryl methyl sites for hydroxylation is 2. The van der Waals surface area contributed by atoms with Gasteiger partial charge in [-0.15, -0.1) is 0 Å². The standard InChI is InChI=1S/C36H41N2O/c1-22-11-12-25-26-21-27-29(14-13-28-32(27)36(4,5)17-16-35(28,2)3)37-34(26)39-33(25)31(22)30-20-24(15-18-38(30)6)19-23-9-7-8-10-23/h11-15,18,20-21,23H,7-10,16-17,19H2,1-6H3/q+1. The predicted molar refractivity (Wildman–Crippen MR) is 161 cm³/mol. The summed E-state index contributed by atoms with van der Waals surface area (Å²) in [4.78, 5) is 5.14. The number of hydrogen-bond donors (Lipinski definition) is 0. The van der Waals surface area contributed by atoms with Crippen LogP contribution in [-0.4, -0.2) is 4.98 Å². The summed E-state index contributed by atoms with van der Waals surface area (Å²) in [6.45, 7) is 11.8. The van der Waals surface area contributed by atoms with Crippen molar-refractivity contribution in [1.29, 1.82) is 0 Å². The second kappa shape index (κ2) is 8.65. The average molecular weight is 518 g/mol. The summed E-state index contributed by atoms with van der Waals surface area (Å²) >= 11 is 0. The van der Waals surface area contributed by atoms with Crippen molar-refractivity contribution in [1.82, 2.24) is 4.98 Å². The molecule has 3 heterocycles. The Hall–Kier alpha value is -3.20. The highest BCUT2D eigenvalue weighted by Crippen LogP contribution is 2.49. The van der Waals surface area contributed by atoms with Gasteiger partial charge in [-0.2, -0.15) is 0 Å². The smallest absolute Gasteiger partial charge is 0.227 e. The Morgan fingerprint density at radius 2 is 1.67 bits per heavy atom. The largest absolute Gasteiger partial charge is 0.437 e. The first-order valence-electron chi connectivity index (χ1n) is 14.9. The number of benzene rings is 2. The molecule has 2 aromatic carbocycles. The highest BCUT2D eigenvalue weighted by atomic mass is 16.3. The van der Waals surface area contributed by atoms with Crippen LogP contribution in [0.4, 0.5) is 0 Å². The van der Waals surface area contributed by atoms with E-state index in [1.807, 2.05) is 0 Å². The quantitative estimate of drug-likeness (QED) is 0.223. The summed E-state index contributed by atoms with van der Waals surface area (Å²) in [7, 11) is 2.15. The zero-order valence-electron chi connectivity index (χ0n) is 24.4. The molecule has 0 saturated heterocycles. The van der Waals surface area contributed by atoms with Gasteiger partial charge in [0, 0.05) is 28.3 Å². The minimum absolute atomic E-state index is 0.120. The topological polar surface area (TPSA) is 29.9 Å². The number of hydrogen-bond acceptors (Lipinski definition) is 2. The third kappa shape index (κ3) is 3.91. The van der Waals surface area contributed by atoms with E-state index in [1.54, 1.807) is 0 Å². The normalized spacial score (nSPS) is 18.8. The van der Waals surface area contributed by atoms with Crippen molar-refractivity contribution in [2.75, 3.05) is 0 Å². The molecular formula is C36H41N2O+. The van der Waals surface area contributed by atoms with Crippen molar-refractivity contribution >= 4 is 33.0 Å². The highest BCUT2D eigenvalue weighted by Gasteiger charge is 2.38. The van der Waals surface area contributed by atoms with E-state index in [1.165, 1.54) is 83.8 Å². The number of aromatic nitrogens is 2. The molecule has 200 valence electrons. The first-order chi connectivity index (χ1) is 18.6. The first kappa shape index (κ1) is 24.8. The zero-order chi connectivity index (χ0) is 27.1. The van der Waals surface area contributed by atoms with Crippen molar-refractivity contribution < 1.29 is 8.98 Å². The molecule has 5 aromatic rings.